The van der Waals surface area contributed by atoms with Crippen LogP contribution < -0.4 is 0 Å². The Bertz CT molecular complexity index is 139. The maximum atomic E-state index is 11.2. The fraction of sp³-hybridized carbons (Fsp3) is 0.778. The lowest BCUT2D eigenvalue weighted by atomic mass is 9.98. The van der Waals surface area contributed by atoms with Crippen LogP contribution in [0, 0.1) is 5.92 Å². The van der Waals surface area contributed by atoms with Gasteiger partial charge in [0.25, 0.3) is 0 Å². The minimum Gasteiger partial charge on any atom is -0.396 e. The molecule has 0 saturated carbocycles. The second kappa shape index (κ2) is 6.98. The Labute approximate surface area is 72.8 Å². The molecule has 0 bridgehead atoms. The molecule has 3 heteroatoms. The van der Waals surface area contributed by atoms with Crippen LogP contribution in [0.2, 0.25) is 0 Å². The molecule has 70 valence electrons. The fourth-order valence-corrected chi connectivity index (χ4v) is 1.02. The van der Waals surface area contributed by atoms with Gasteiger partial charge in [-0.3, -0.25) is 4.79 Å². The predicted molar refractivity (Wildman–Crippen MR) is 45.8 cm³/mol. The van der Waals surface area contributed by atoms with Crippen molar-refractivity contribution in [2.24, 2.45) is 5.92 Å². The summed E-state index contributed by atoms with van der Waals surface area (Å²) in [5.74, 6) is -0.154. The zero-order valence-electron chi connectivity index (χ0n) is 7.45. The number of hydrogen-bond donors (Lipinski definition) is 1. The molecule has 1 atom stereocenters. The number of carbonyl (C=O) groups is 2. The van der Waals surface area contributed by atoms with Crippen molar-refractivity contribution >= 4 is 12.1 Å². The number of carbonyl (C=O) groups excluding carboxylic acids is 2. The molecule has 0 aromatic rings. The maximum absolute atomic E-state index is 11.2. The zero-order valence-corrected chi connectivity index (χ0v) is 7.45. The third kappa shape index (κ3) is 4.23. The van der Waals surface area contributed by atoms with E-state index in [0.717, 1.165) is 6.29 Å². The number of Topliss-reactive ketones (excluding diaryl/α,β-unsaturated/α-hetero) is 1. The summed E-state index contributed by atoms with van der Waals surface area (Å²) < 4.78 is 0. The molecule has 12 heavy (non-hydrogen) atoms. The lowest BCUT2D eigenvalue weighted by Crippen LogP contribution is -2.17. The summed E-state index contributed by atoms with van der Waals surface area (Å²) in [5.41, 5.74) is 0. The topological polar surface area (TPSA) is 54.4 Å². The van der Waals surface area contributed by atoms with Crippen molar-refractivity contribution in [2.75, 3.05) is 6.61 Å². The summed E-state index contributed by atoms with van der Waals surface area (Å²) in [4.78, 5) is 21.1. The molecule has 0 spiro atoms. The standard InChI is InChI=1S/C9H16O3/c1-2-8(7-11)9(12)5-3-4-6-10/h6,8,11H,2-5,7H2,1H3. The molecule has 0 fully saturated rings. The van der Waals surface area contributed by atoms with E-state index in [1.54, 1.807) is 0 Å². The Morgan fingerprint density at radius 1 is 1.58 bits per heavy atom. The highest BCUT2D eigenvalue weighted by molar-refractivity contribution is 5.81. The van der Waals surface area contributed by atoms with Crippen LogP contribution in [0.5, 0.6) is 0 Å². The smallest absolute Gasteiger partial charge is 0.138 e. The van der Waals surface area contributed by atoms with Crippen LogP contribution in [0.25, 0.3) is 0 Å². The minimum atomic E-state index is -0.225. The van der Waals surface area contributed by atoms with E-state index in [0.29, 0.717) is 25.7 Å². The Morgan fingerprint density at radius 2 is 2.25 bits per heavy atom. The summed E-state index contributed by atoms with van der Waals surface area (Å²) in [5, 5.41) is 8.76. The van der Waals surface area contributed by atoms with Crippen molar-refractivity contribution in [3.8, 4) is 0 Å². The number of aliphatic hydroxyl groups is 1. The monoisotopic (exact) mass is 172 g/mol. The number of rotatable bonds is 7. The Hall–Kier alpha value is -0.700. The first-order chi connectivity index (χ1) is 5.76. The third-order valence-corrected chi connectivity index (χ3v) is 1.91. The quantitative estimate of drug-likeness (QED) is 0.459. The van der Waals surface area contributed by atoms with Gasteiger partial charge in [0.15, 0.2) is 0 Å². The lowest BCUT2D eigenvalue weighted by Gasteiger charge is -2.08. The maximum Gasteiger partial charge on any atom is 0.138 e. The molecule has 0 saturated heterocycles. The normalized spacial score (nSPS) is 12.5. The van der Waals surface area contributed by atoms with Gasteiger partial charge < -0.3 is 9.90 Å². The van der Waals surface area contributed by atoms with Crippen LogP contribution in [0.4, 0.5) is 0 Å². The molecule has 0 heterocycles. The summed E-state index contributed by atoms with van der Waals surface area (Å²) in [6.45, 7) is 1.80. The molecule has 1 unspecified atom stereocenters. The van der Waals surface area contributed by atoms with Crippen molar-refractivity contribution in [3.05, 3.63) is 0 Å². The first-order valence-electron chi connectivity index (χ1n) is 4.33. The highest BCUT2D eigenvalue weighted by Crippen LogP contribution is 2.07. The minimum absolute atomic E-state index is 0.0712. The van der Waals surface area contributed by atoms with Gasteiger partial charge in [0.2, 0.25) is 0 Å². The van der Waals surface area contributed by atoms with Gasteiger partial charge in [0.05, 0.1) is 6.61 Å². The van der Waals surface area contributed by atoms with Gasteiger partial charge in [-0.2, -0.15) is 0 Å². The highest BCUT2D eigenvalue weighted by Gasteiger charge is 2.13. The van der Waals surface area contributed by atoms with Crippen molar-refractivity contribution < 1.29 is 14.7 Å². The predicted octanol–water partition coefficient (Wildman–Crippen LogP) is 0.943. The largest absolute Gasteiger partial charge is 0.396 e. The molecular formula is C9H16O3. The van der Waals surface area contributed by atoms with Crippen molar-refractivity contribution in [1.29, 1.82) is 0 Å². The van der Waals surface area contributed by atoms with Crippen LogP contribution in [0.3, 0.4) is 0 Å². The number of aldehydes is 1. The molecule has 0 aromatic carbocycles. The van der Waals surface area contributed by atoms with Crippen molar-refractivity contribution in [3.63, 3.8) is 0 Å². The third-order valence-electron chi connectivity index (χ3n) is 1.91. The molecule has 0 radical (unpaired) electrons. The van der Waals surface area contributed by atoms with Crippen LogP contribution in [-0.2, 0) is 9.59 Å². The fourth-order valence-electron chi connectivity index (χ4n) is 1.02. The number of ketones is 1. The molecule has 0 amide bonds. The average molecular weight is 172 g/mol. The van der Waals surface area contributed by atoms with Crippen molar-refractivity contribution in [1.82, 2.24) is 0 Å². The van der Waals surface area contributed by atoms with Crippen LogP contribution >= 0.6 is 0 Å². The molecule has 3 nitrogen and oxygen atoms in total. The Kier molecular flexibility index (Phi) is 6.57. The summed E-state index contributed by atoms with van der Waals surface area (Å²) in [6, 6.07) is 0. The zero-order chi connectivity index (χ0) is 9.40. The molecule has 1 N–H and O–H groups in total. The summed E-state index contributed by atoms with van der Waals surface area (Å²) in [7, 11) is 0. The van der Waals surface area contributed by atoms with E-state index in [9.17, 15) is 9.59 Å². The van der Waals surface area contributed by atoms with Crippen molar-refractivity contribution in [2.45, 2.75) is 32.6 Å². The molecule has 0 rings (SSSR count). The highest BCUT2D eigenvalue weighted by atomic mass is 16.3. The molecule has 0 aromatic heterocycles. The van der Waals surface area contributed by atoms with Gasteiger partial charge in [-0.1, -0.05) is 6.92 Å². The number of aliphatic hydroxyl groups excluding tert-OH is 1. The Balaban J connectivity index is 3.61. The second-order valence-corrected chi connectivity index (χ2v) is 2.81. The van der Waals surface area contributed by atoms with E-state index in [1.165, 1.54) is 0 Å². The van der Waals surface area contributed by atoms with Gasteiger partial charge in [-0.15, -0.1) is 0 Å². The van der Waals surface area contributed by atoms with Gasteiger partial charge >= 0.3 is 0 Å². The lowest BCUT2D eigenvalue weighted by molar-refractivity contribution is -0.124. The molecular weight excluding hydrogens is 156 g/mol. The average Bonchev–Trinajstić information content (AvgIpc) is 2.07. The first kappa shape index (κ1) is 11.3. The van der Waals surface area contributed by atoms with E-state index in [1.807, 2.05) is 6.92 Å². The number of hydrogen-bond acceptors (Lipinski definition) is 3. The van der Waals surface area contributed by atoms with Gasteiger partial charge in [-0.25, -0.2) is 0 Å². The number of unbranched alkanes of at least 4 members (excludes halogenated alkanes) is 1. The van der Waals surface area contributed by atoms with E-state index in [-0.39, 0.29) is 18.3 Å². The van der Waals surface area contributed by atoms with Crippen LogP contribution in [-0.4, -0.2) is 23.8 Å². The van der Waals surface area contributed by atoms with Crippen LogP contribution in [0.1, 0.15) is 32.6 Å². The molecule has 0 aliphatic carbocycles. The first-order valence-corrected chi connectivity index (χ1v) is 4.33. The second-order valence-electron chi connectivity index (χ2n) is 2.81. The van der Waals surface area contributed by atoms with E-state index >= 15 is 0 Å². The van der Waals surface area contributed by atoms with Gasteiger partial charge in [0.1, 0.15) is 12.1 Å². The van der Waals surface area contributed by atoms with E-state index in [4.69, 9.17) is 5.11 Å². The SMILES string of the molecule is CCC(CO)C(=O)CCCC=O. The Morgan fingerprint density at radius 3 is 2.67 bits per heavy atom. The molecule has 0 aliphatic rings. The van der Waals surface area contributed by atoms with E-state index in [2.05, 4.69) is 0 Å². The van der Waals surface area contributed by atoms with E-state index < -0.39 is 0 Å². The van der Waals surface area contributed by atoms with Gasteiger partial charge in [0, 0.05) is 18.8 Å². The van der Waals surface area contributed by atoms with Gasteiger partial charge in [-0.05, 0) is 12.8 Å². The summed E-state index contributed by atoms with van der Waals surface area (Å²) >= 11 is 0. The summed E-state index contributed by atoms with van der Waals surface area (Å²) in [6.07, 6.45) is 2.95. The van der Waals surface area contributed by atoms with Crippen LogP contribution in [0.15, 0.2) is 0 Å². The molecule has 0 aliphatic heterocycles.